The molecule has 1 aliphatic rings. The minimum atomic E-state index is 0.110. The van der Waals surface area contributed by atoms with Crippen LogP contribution in [0, 0.1) is 0 Å². The summed E-state index contributed by atoms with van der Waals surface area (Å²) in [5, 5.41) is 0. The summed E-state index contributed by atoms with van der Waals surface area (Å²) in [5.41, 5.74) is 1.97. The number of hydrogen-bond acceptors (Lipinski definition) is 3. The van der Waals surface area contributed by atoms with Gasteiger partial charge in [0.2, 0.25) is 5.91 Å². The molecule has 3 rings (SSSR count). The van der Waals surface area contributed by atoms with E-state index in [1.807, 2.05) is 47.4 Å². The van der Waals surface area contributed by atoms with E-state index in [-0.39, 0.29) is 11.9 Å². The lowest BCUT2D eigenvalue weighted by Crippen LogP contribution is -2.32. The van der Waals surface area contributed by atoms with Crippen molar-refractivity contribution in [1.82, 2.24) is 9.88 Å². The van der Waals surface area contributed by atoms with Crippen LogP contribution in [-0.4, -0.2) is 29.4 Å². The van der Waals surface area contributed by atoms with Gasteiger partial charge in [-0.2, -0.15) is 0 Å². The van der Waals surface area contributed by atoms with Gasteiger partial charge in [-0.25, -0.2) is 0 Å². The number of likely N-dealkylation sites (tertiary alicyclic amines) is 1. The highest BCUT2D eigenvalue weighted by atomic mass is 16.5. The average molecular weight is 296 g/mol. The molecular formula is C18H20N2O2. The molecule has 0 spiro atoms. The molecule has 0 bridgehead atoms. The number of hydrogen-bond donors (Lipinski definition) is 0. The number of benzene rings is 1. The normalized spacial score (nSPS) is 17.5. The van der Waals surface area contributed by atoms with Crippen molar-refractivity contribution in [3.63, 3.8) is 0 Å². The maximum atomic E-state index is 12.7. The maximum absolute atomic E-state index is 12.7. The summed E-state index contributed by atoms with van der Waals surface area (Å²) in [4.78, 5) is 19.0. The van der Waals surface area contributed by atoms with Crippen molar-refractivity contribution < 1.29 is 9.53 Å². The van der Waals surface area contributed by atoms with E-state index in [0.29, 0.717) is 6.42 Å². The van der Waals surface area contributed by atoms with Crippen molar-refractivity contribution in [2.24, 2.45) is 0 Å². The summed E-state index contributed by atoms with van der Waals surface area (Å²) in [5.74, 6) is 0.939. The van der Waals surface area contributed by atoms with Gasteiger partial charge in [0.1, 0.15) is 5.75 Å². The van der Waals surface area contributed by atoms with Gasteiger partial charge in [0.15, 0.2) is 0 Å². The Morgan fingerprint density at radius 3 is 3.00 bits per heavy atom. The molecule has 1 aliphatic heterocycles. The molecule has 2 aromatic rings. The molecule has 4 heteroatoms. The molecule has 0 aliphatic carbocycles. The second-order valence-corrected chi connectivity index (χ2v) is 5.53. The summed E-state index contributed by atoms with van der Waals surface area (Å²) < 4.78 is 5.22. The van der Waals surface area contributed by atoms with Gasteiger partial charge in [0.05, 0.1) is 25.3 Å². The monoisotopic (exact) mass is 296 g/mol. The molecule has 1 atom stereocenters. The number of nitrogens with zero attached hydrogens (tertiary/aromatic N) is 2. The second kappa shape index (κ2) is 6.60. The van der Waals surface area contributed by atoms with Gasteiger partial charge >= 0.3 is 0 Å². The van der Waals surface area contributed by atoms with Crippen LogP contribution in [-0.2, 0) is 11.2 Å². The Balaban J connectivity index is 1.73. The largest absolute Gasteiger partial charge is 0.497 e. The SMILES string of the molecule is COc1cccc(CC(=O)N2CCC[C@H]2c2ccccn2)c1. The number of carbonyl (C=O) groups is 1. The predicted octanol–water partition coefficient (Wildman–Crippen LogP) is 3.00. The number of carbonyl (C=O) groups excluding carboxylic acids is 1. The van der Waals surface area contributed by atoms with Crippen LogP contribution in [0.15, 0.2) is 48.7 Å². The van der Waals surface area contributed by atoms with Crippen molar-refractivity contribution >= 4 is 5.91 Å². The fraction of sp³-hybridized carbons (Fsp3) is 0.333. The van der Waals surface area contributed by atoms with Gasteiger partial charge in [-0.3, -0.25) is 9.78 Å². The number of aromatic nitrogens is 1. The van der Waals surface area contributed by atoms with Crippen LogP contribution in [0.1, 0.15) is 30.1 Å². The number of ether oxygens (including phenoxy) is 1. The Morgan fingerprint density at radius 1 is 1.32 bits per heavy atom. The lowest BCUT2D eigenvalue weighted by molar-refractivity contribution is -0.131. The molecular weight excluding hydrogens is 276 g/mol. The minimum Gasteiger partial charge on any atom is -0.497 e. The van der Waals surface area contributed by atoms with Gasteiger partial charge in [0, 0.05) is 12.7 Å². The predicted molar refractivity (Wildman–Crippen MR) is 84.6 cm³/mol. The summed E-state index contributed by atoms with van der Waals surface area (Å²) >= 11 is 0. The molecule has 114 valence electrons. The Kier molecular flexibility index (Phi) is 4.37. The molecule has 1 aromatic carbocycles. The van der Waals surface area contributed by atoms with E-state index in [4.69, 9.17) is 4.74 Å². The number of rotatable bonds is 4. The van der Waals surface area contributed by atoms with E-state index in [2.05, 4.69) is 4.98 Å². The fourth-order valence-electron chi connectivity index (χ4n) is 3.00. The third-order valence-electron chi connectivity index (χ3n) is 4.09. The molecule has 1 fully saturated rings. The first-order chi connectivity index (χ1) is 10.8. The van der Waals surface area contributed by atoms with E-state index < -0.39 is 0 Å². The Bertz CT molecular complexity index is 643. The molecule has 22 heavy (non-hydrogen) atoms. The summed E-state index contributed by atoms with van der Waals surface area (Å²) in [6.07, 6.45) is 4.21. The number of pyridine rings is 1. The topological polar surface area (TPSA) is 42.4 Å². The van der Waals surface area contributed by atoms with Gasteiger partial charge in [-0.1, -0.05) is 18.2 Å². The van der Waals surface area contributed by atoms with Crippen LogP contribution < -0.4 is 4.74 Å². The standard InChI is InChI=1S/C18H20N2O2/c1-22-15-7-4-6-14(12-15)13-18(21)20-11-5-9-17(20)16-8-2-3-10-19-16/h2-4,6-8,10,12,17H,5,9,11,13H2,1H3/t17-/m0/s1. The molecule has 4 nitrogen and oxygen atoms in total. The Hall–Kier alpha value is -2.36. The highest BCUT2D eigenvalue weighted by molar-refractivity contribution is 5.79. The molecule has 0 saturated carbocycles. The van der Waals surface area contributed by atoms with Gasteiger partial charge in [-0.15, -0.1) is 0 Å². The molecule has 1 saturated heterocycles. The lowest BCUT2D eigenvalue weighted by atomic mass is 10.1. The zero-order valence-corrected chi connectivity index (χ0v) is 12.7. The number of methoxy groups -OCH3 is 1. The van der Waals surface area contributed by atoms with E-state index in [1.54, 1.807) is 13.3 Å². The van der Waals surface area contributed by atoms with E-state index in [9.17, 15) is 4.79 Å². The van der Waals surface area contributed by atoms with Crippen molar-refractivity contribution in [1.29, 1.82) is 0 Å². The molecule has 0 unspecified atom stereocenters. The zero-order chi connectivity index (χ0) is 15.4. The summed E-state index contributed by atoms with van der Waals surface area (Å²) in [7, 11) is 1.64. The van der Waals surface area contributed by atoms with Crippen molar-refractivity contribution in [3.05, 3.63) is 59.9 Å². The van der Waals surface area contributed by atoms with Crippen LogP contribution in [0.2, 0.25) is 0 Å². The molecule has 1 aromatic heterocycles. The smallest absolute Gasteiger partial charge is 0.227 e. The maximum Gasteiger partial charge on any atom is 0.227 e. The van der Waals surface area contributed by atoms with Gasteiger partial charge in [-0.05, 0) is 42.7 Å². The van der Waals surface area contributed by atoms with E-state index in [1.165, 1.54) is 0 Å². The van der Waals surface area contributed by atoms with Crippen molar-refractivity contribution in [3.8, 4) is 5.75 Å². The van der Waals surface area contributed by atoms with Crippen LogP contribution in [0.25, 0.3) is 0 Å². The first-order valence-corrected chi connectivity index (χ1v) is 7.61. The van der Waals surface area contributed by atoms with Crippen LogP contribution in [0.4, 0.5) is 0 Å². The van der Waals surface area contributed by atoms with E-state index in [0.717, 1.165) is 36.4 Å². The van der Waals surface area contributed by atoms with Crippen LogP contribution in [0.3, 0.4) is 0 Å². The first-order valence-electron chi connectivity index (χ1n) is 7.61. The highest BCUT2D eigenvalue weighted by Crippen LogP contribution is 2.31. The average Bonchev–Trinajstić information content (AvgIpc) is 3.05. The van der Waals surface area contributed by atoms with Gasteiger partial charge < -0.3 is 9.64 Å². The highest BCUT2D eigenvalue weighted by Gasteiger charge is 2.30. The van der Waals surface area contributed by atoms with Gasteiger partial charge in [0.25, 0.3) is 0 Å². The van der Waals surface area contributed by atoms with Crippen molar-refractivity contribution in [2.45, 2.75) is 25.3 Å². The third kappa shape index (κ3) is 3.11. The number of amides is 1. The third-order valence-corrected chi connectivity index (χ3v) is 4.09. The molecule has 2 heterocycles. The summed E-state index contributed by atoms with van der Waals surface area (Å²) in [6, 6.07) is 13.7. The Labute approximate surface area is 130 Å². The lowest BCUT2D eigenvalue weighted by Gasteiger charge is -2.24. The van der Waals surface area contributed by atoms with Crippen LogP contribution in [0.5, 0.6) is 5.75 Å². The fourth-order valence-corrected chi connectivity index (χ4v) is 3.00. The second-order valence-electron chi connectivity index (χ2n) is 5.53. The quantitative estimate of drug-likeness (QED) is 0.871. The zero-order valence-electron chi connectivity index (χ0n) is 12.7. The van der Waals surface area contributed by atoms with Crippen LogP contribution >= 0.6 is 0 Å². The summed E-state index contributed by atoms with van der Waals surface area (Å²) in [6.45, 7) is 0.810. The molecule has 1 amide bonds. The minimum absolute atomic E-state index is 0.110. The molecule has 0 N–H and O–H groups in total. The van der Waals surface area contributed by atoms with E-state index >= 15 is 0 Å². The van der Waals surface area contributed by atoms with Crippen molar-refractivity contribution in [2.75, 3.05) is 13.7 Å². The molecule has 0 radical (unpaired) electrons. The Morgan fingerprint density at radius 2 is 2.23 bits per heavy atom. The first kappa shape index (κ1) is 14.6.